The molecule has 4 aromatic rings. The van der Waals surface area contributed by atoms with Crippen molar-refractivity contribution in [3.63, 3.8) is 0 Å². The Morgan fingerprint density at radius 1 is 1.00 bits per heavy atom. The van der Waals surface area contributed by atoms with Gasteiger partial charge < -0.3 is 15.7 Å². The van der Waals surface area contributed by atoms with Crippen LogP contribution >= 0.6 is 0 Å². The van der Waals surface area contributed by atoms with Gasteiger partial charge in [-0.1, -0.05) is 18.6 Å². The molecule has 2 aromatic carbocycles. The summed E-state index contributed by atoms with van der Waals surface area (Å²) in [5, 5.41) is 20.9. The minimum atomic E-state index is -0.413. The Hall–Kier alpha value is -4.27. The average Bonchev–Trinajstić information content (AvgIpc) is 3.54. The Balaban J connectivity index is 1.29. The summed E-state index contributed by atoms with van der Waals surface area (Å²) in [5.74, 6) is -0.122. The molecule has 2 fully saturated rings. The monoisotopic (exact) mass is 468 g/mol. The van der Waals surface area contributed by atoms with Gasteiger partial charge in [-0.15, -0.1) is 0 Å². The number of phenolic OH excluding ortho intramolecular Hbond substituents is 1. The standard InChI is InChI=1S/C26H24N6O3/c33-24-11-10-17(28-25(34)22-14-27-19-6-1-2-7-20(19)30-22)12-18(24)21-13-23(15-4-3-5-15)32(31-21)26(35)29-16-8-9-16/h1-2,6-7,10-16,33H,3-5,8-9H2,(H,28,34)(H,29,35). The molecule has 0 aliphatic heterocycles. The lowest BCUT2D eigenvalue weighted by Crippen LogP contribution is -2.33. The number of fused-ring (bicyclic) bond motifs is 1. The number of nitrogens with one attached hydrogen (secondary N) is 2. The fourth-order valence-corrected chi connectivity index (χ4v) is 4.23. The van der Waals surface area contributed by atoms with Gasteiger partial charge in [0.1, 0.15) is 11.4 Å². The van der Waals surface area contributed by atoms with Gasteiger partial charge in [-0.05, 0) is 62.1 Å². The zero-order valence-electron chi connectivity index (χ0n) is 18.9. The molecule has 0 saturated heterocycles. The van der Waals surface area contributed by atoms with Crippen molar-refractivity contribution in [3.05, 3.63) is 66.1 Å². The zero-order chi connectivity index (χ0) is 23.9. The summed E-state index contributed by atoms with van der Waals surface area (Å²) in [4.78, 5) is 34.3. The largest absolute Gasteiger partial charge is 0.507 e. The summed E-state index contributed by atoms with van der Waals surface area (Å²) >= 11 is 0. The Morgan fingerprint density at radius 2 is 1.80 bits per heavy atom. The van der Waals surface area contributed by atoms with Crippen LogP contribution < -0.4 is 10.6 Å². The molecule has 6 rings (SSSR count). The molecule has 2 amide bonds. The number of para-hydroxylation sites is 2. The van der Waals surface area contributed by atoms with E-state index in [0.29, 0.717) is 28.0 Å². The predicted octanol–water partition coefficient (Wildman–Crippen LogP) is 4.44. The molecule has 35 heavy (non-hydrogen) atoms. The number of nitrogens with zero attached hydrogens (tertiary/aromatic N) is 4. The number of anilines is 1. The molecule has 9 nitrogen and oxygen atoms in total. The van der Waals surface area contributed by atoms with E-state index in [-0.39, 0.29) is 29.4 Å². The first-order chi connectivity index (χ1) is 17.0. The van der Waals surface area contributed by atoms with Crippen molar-refractivity contribution in [1.29, 1.82) is 0 Å². The van der Waals surface area contributed by atoms with Gasteiger partial charge >= 0.3 is 6.03 Å². The molecule has 0 spiro atoms. The van der Waals surface area contributed by atoms with Crippen LogP contribution in [0.3, 0.4) is 0 Å². The van der Waals surface area contributed by atoms with E-state index >= 15 is 0 Å². The van der Waals surface area contributed by atoms with E-state index in [2.05, 4.69) is 25.7 Å². The molecular weight excluding hydrogens is 444 g/mol. The van der Waals surface area contributed by atoms with Crippen molar-refractivity contribution in [2.75, 3.05) is 5.32 Å². The fraction of sp³-hybridized carbons (Fsp3) is 0.269. The first-order valence-electron chi connectivity index (χ1n) is 11.8. The molecular formula is C26H24N6O3. The highest BCUT2D eigenvalue weighted by atomic mass is 16.3. The number of carbonyl (C=O) groups is 2. The lowest BCUT2D eigenvalue weighted by Gasteiger charge is -2.25. The highest BCUT2D eigenvalue weighted by Crippen LogP contribution is 2.39. The molecule has 0 unspecified atom stereocenters. The van der Waals surface area contributed by atoms with E-state index in [1.54, 1.807) is 18.2 Å². The molecule has 3 N–H and O–H groups in total. The smallest absolute Gasteiger partial charge is 0.342 e. The number of hydrogen-bond acceptors (Lipinski definition) is 6. The maximum absolute atomic E-state index is 12.8. The quantitative estimate of drug-likeness (QED) is 0.372. The number of benzene rings is 2. The Bertz CT molecular complexity index is 1450. The molecule has 9 heteroatoms. The van der Waals surface area contributed by atoms with Crippen LogP contribution in [-0.2, 0) is 0 Å². The maximum atomic E-state index is 12.8. The van der Waals surface area contributed by atoms with Gasteiger partial charge in [-0.25, -0.2) is 9.78 Å². The molecule has 0 atom stereocenters. The van der Waals surface area contributed by atoms with Crippen LogP contribution in [0.1, 0.15) is 54.2 Å². The number of hydrogen-bond donors (Lipinski definition) is 3. The zero-order valence-corrected chi connectivity index (χ0v) is 18.9. The fourth-order valence-electron chi connectivity index (χ4n) is 4.23. The number of phenols is 1. The van der Waals surface area contributed by atoms with E-state index in [1.165, 1.54) is 16.9 Å². The highest BCUT2D eigenvalue weighted by Gasteiger charge is 2.30. The Labute approximate surface area is 201 Å². The third kappa shape index (κ3) is 4.21. The molecule has 176 valence electrons. The molecule has 2 aromatic heterocycles. The summed E-state index contributed by atoms with van der Waals surface area (Å²) in [6, 6.07) is 13.9. The average molecular weight is 469 g/mol. The number of aromatic nitrogens is 4. The van der Waals surface area contributed by atoms with Crippen LogP contribution in [0.25, 0.3) is 22.3 Å². The lowest BCUT2D eigenvalue weighted by molar-refractivity contribution is 0.102. The van der Waals surface area contributed by atoms with Crippen molar-refractivity contribution in [1.82, 2.24) is 25.1 Å². The van der Waals surface area contributed by atoms with Gasteiger partial charge in [0.05, 0.1) is 28.6 Å². The molecule has 2 saturated carbocycles. The van der Waals surface area contributed by atoms with Crippen molar-refractivity contribution in [3.8, 4) is 17.0 Å². The molecule has 0 radical (unpaired) electrons. The minimum Gasteiger partial charge on any atom is -0.507 e. The second-order valence-corrected chi connectivity index (χ2v) is 9.15. The topological polar surface area (TPSA) is 122 Å². The second-order valence-electron chi connectivity index (χ2n) is 9.15. The predicted molar refractivity (Wildman–Crippen MR) is 130 cm³/mol. The lowest BCUT2D eigenvalue weighted by atomic mass is 9.82. The summed E-state index contributed by atoms with van der Waals surface area (Å²) in [6.45, 7) is 0. The van der Waals surface area contributed by atoms with Gasteiger partial charge in [0.15, 0.2) is 0 Å². The van der Waals surface area contributed by atoms with Gasteiger partial charge in [0.25, 0.3) is 5.91 Å². The number of rotatable bonds is 5. The van der Waals surface area contributed by atoms with Crippen molar-refractivity contribution < 1.29 is 14.7 Å². The highest BCUT2D eigenvalue weighted by molar-refractivity contribution is 6.04. The summed E-state index contributed by atoms with van der Waals surface area (Å²) < 4.78 is 1.44. The minimum absolute atomic E-state index is 0.0147. The maximum Gasteiger partial charge on any atom is 0.342 e. The Morgan fingerprint density at radius 3 is 2.54 bits per heavy atom. The van der Waals surface area contributed by atoms with Crippen molar-refractivity contribution in [2.45, 2.75) is 44.1 Å². The van der Waals surface area contributed by atoms with E-state index < -0.39 is 5.91 Å². The van der Waals surface area contributed by atoms with Gasteiger partial charge in [-0.2, -0.15) is 9.78 Å². The van der Waals surface area contributed by atoms with Gasteiger partial charge in [0.2, 0.25) is 0 Å². The van der Waals surface area contributed by atoms with E-state index in [1.807, 2.05) is 24.3 Å². The van der Waals surface area contributed by atoms with Crippen LogP contribution in [0.2, 0.25) is 0 Å². The number of amides is 2. The molecule has 2 aliphatic rings. The first-order valence-corrected chi connectivity index (χ1v) is 11.8. The van der Waals surface area contributed by atoms with Crippen LogP contribution in [0.15, 0.2) is 54.7 Å². The van der Waals surface area contributed by atoms with Gasteiger partial charge in [0, 0.05) is 23.2 Å². The summed E-state index contributed by atoms with van der Waals surface area (Å²) in [7, 11) is 0. The van der Waals surface area contributed by atoms with Crippen molar-refractivity contribution >= 4 is 28.7 Å². The molecule has 2 aliphatic carbocycles. The molecule has 0 bridgehead atoms. The van der Waals surface area contributed by atoms with Crippen LogP contribution in [0.4, 0.5) is 10.5 Å². The first kappa shape index (κ1) is 21.3. The third-order valence-electron chi connectivity index (χ3n) is 6.57. The van der Waals surface area contributed by atoms with Crippen LogP contribution in [-0.4, -0.2) is 42.8 Å². The summed E-state index contributed by atoms with van der Waals surface area (Å²) in [5.41, 5.74) is 3.77. The van der Waals surface area contributed by atoms with Gasteiger partial charge in [-0.3, -0.25) is 9.78 Å². The Kier molecular flexibility index (Phi) is 5.17. The van der Waals surface area contributed by atoms with E-state index in [4.69, 9.17) is 0 Å². The SMILES string of the molecule is O=C(Nc1ccc(O)c(-c2cc(C3CCC3)n(C(=O)NC3CC3)n2)c1)c1cnc2ccccc2n1. The third-order valence-corrected chi connectivity index (χ3v) is 6.57. The summed E-state index contributed by atoms with van der Waals surface area (Å²) in [6.07, 6.45) is 6.56. The van der Waals surface area contributed by atoms with Crippen LogP contribution in [0.5, 0.6) is 5.75 Å². The van der Waals surface area contributed by atoms with Crippen molar-refractivity contribution in [2.24, 2.45) is 0 Å². The number of carbonyl (C=O) groups excluding carboxylic acids is 2. The normalized spacial score (nSPS) is 15.5. The number of aromatic hydroxyl groups is 1. The van der Waals surface area contributed by atoms with E-state index in [9.17, 15) is 14.7 Å². The van der Waals surface area contributed by atoms with E-state index in [0.717, 1.165) is 37.8 Å². The second kappa shape index (κ2) is 8.50. The molecule has 2 heterocycles. The van der Waals surface area contributed by atoms with Crippen LogP contribution in [0, 0.1) is 0 Å².